The maximum Gasteiger partial charge on any atom is 0.412 e. The smallest absolute Gasteiger partial charge is 0.338 e. The van der Waals surface area contributed by atoms with Crippen LogP contribution in [0.3, 0.4) is 0 Å². The zero-order chi connectivity index (χ0) is 13.9. The van der Waals surface area contributed by atoms with E-state index < -0.39 is 11.7 Å². The summed E-state index contributed by atoms with van der Waals surface area (Å²) in [7, 11) is 0. The van der Waals surface area contributed by atoms with Crippen LogP contribution in [0.25, 0.3) is 0 Å². The lowest BCUT2D eigenvalue weighted by atomic mass is 10.1. The molecule has 0 saturated carbocycles. The van der Waals surface area contributed by atoms with E-state index in [0.717, 1.165) is 32.3 Å². The molecule has 1 amide bonds. The highest BCUT2D eigenvalue weighted by Gasteiger charge is 2.35. The first-order chi connectivity index (χ1) is 8.97. The summed E-state index contributed by atoms with van der Waals surface area (Å²) in [5.74, 6) is -0.0839. The number of alkyl halides is 3. The van der Waals surface area contributed by atoms with E-state index in [1.165, 1.54) is 4.90 Å². The summed E-state index contributed by atoms with van der Waals surface area (Å²) >= 11 is 0. The molecule has 2 aliphatic rings. The quantitative estimate of drug-likeness (QED) is 0.751. The molecule has 0 aromatic rings. The number of carbonyl (C=O) groups is 1. The van der Waals surface area contributed by atoms with Gasteiger partial charge in [0.05, 0.1) is 6.54 Å². The average Bonchev–Trinajstić information content (AvgIpc) is 2.39. The molecule has 0 aromatic carbocycles. The van der Waals surface area contributed by atoms with Crippen molar-refractivity contribution in [3.63, 3.8) is 0 Å². The van der Waals surface area contributed by atoms with Crippen LogP contribution in [-0.4, -0.2) is 67.7 Å². The number of carbonyl (C=O) groups excluding carboxylic acids is 1. The molecule has 2 rings (SSSR count). The number of nitrogens with one attached hydrogen (secondary N) is 1. The van der Waals surface area contributed by atoms with Crippen molar-refractivity contribution >= 4 is 5.91 Å². The Bertz CT molecular complexity index is 362. The number of piperazine rings is 1. The third kappa shape index (κ3) is 3.94. The summed E-state index contributed by atoms with van der Waals surface area (Å²) < 4.78 is 37.4. The van der Waals surface area contributed by atoms with Gasteiger partial charge in [0.25, 0.3) is 0 Å². The summed E-state index contributed by atoms with van der Waals surface area (Å²) in [6.45, 7) is 3.86. The molecular formula is C12H18F3N3O. The zero-order valence-electron chi connectivity index (χ0n) is 10.7. The highest BCUT2D eigenvalue weighted by molar-refractivity contribution is 5.78. The third-order valence-electron chi connectivity index (χ3n) is 3.49. The molecule has 0 unspecified atom stereocenters. The first-order valence-electron chi connectivity index (χ1n) is 6.44. The van der Waals surface area contributed by atoms with E-state index in [0.29, 0.717) is 6.54 Å². The Kier molecular flexibility index (Phi) is 4.46. The Morgan fingerprint density at radius 2 is 1.95 bits per heavy atom. The first kappa shape index (κ1) is 14.3. The van der Waals surface area contributed by atoms with E-state index in [4.69, 9.17) is 0 Å². The molecule has 0 bridgehead atoms. The van der Waals surface area contributed by atoms with Crippen LogP contribution in [-0.2, 0) is 4.79 Å². The summed E-state index contributed by atoms with van der Waals surface area (Å²) in [6, 6.07) is 0. The largest absolute Gasteiger partial charge is 0.412 e. The van der Waals surface area contributed by atoms with Gasteiger partial charge in [-0.15, -0.1) is 0 Å². The Labute approximate surface area is 110 Å². The van der Waals surface area contributed by atoms with Crippen molar-refractivity contribution in [2.75, 3.05) is 45.8 Å². The molecule has 1 N–H and O–H groups in total. The second-order valence-corrected chi connectivity index (χ2v) is 4.84. The minimum absolute atomic E-state index is 0.0692. The van der Waals surface area contributed by atoms with Crippen molar-refractivity contribution in [3.8, 4) is 0 Å². The van der Waals surface area contributed by atoms with Gasteiger partial charge in [-0.05, 0) is 6.42 Å². The van der Waals surface area contributed by atoms with Gasteiger partial charge < -0.3 is 10.2 Å². The highest BCUT2D eigenvalue weighted by Crippen LogP contribution is 2.30. The Hall–Kier alpha value is -1.08. The minimum Gasteiger partial charge on any atom is -0.338 e. The van der Waals surface area contributed by atoms with Gasteiger partial charge in [-0.3, -0.25) is 9.69 Å². The lowest BCUT2D eigenvalue weighted by Gasteiger charge is -2.31. The van der Waals surface area contributed by atoms with Crippen LogP contribution >= 0.6 is 0 Å². The lowest BCUT2D eigenvalue weighted by molar-refractivity contribution is -0.133. The number of nitrogens with zero attached hydrogens (tertiary/aromatic N) is 2. The fourth-order valence-corrected chi connectivity index (χ4v) is 2.31. The predicted molar refractivity (Wildman–Crippen MR) is 64.6 cm³/mol. The van der Waals surface area contributed by atoms with Gasteiger partial charge in [0, 0.05) is 44.8 Å². The lowest BCUT2D eigenvalue weighted by Crippen LogP contribution is -2.49. The maximum absolute atomic E-state index is 12.5. The summed E-state index contributed by atoms with van der Waals surface area (Å²) in [4.78, 5) is 15.5. The van der Waals surface area contributed by atoms with Crippen LogP contribution in [0.15, 0.2) is 11.6 Å². The summed E-state index contributed by atoms with van der Waals surface area (Å²) in [5, 5.41) is 3.19. The molecule has 2 heterocycles. The molecule has 2 aliphatic heterocycles. The van der Waals surface area contributed by atoms with Crippen molar-refractivity contribution in [1.29, 1.82) is 0 Å². The first-order valence-corrected chi connectivity index (χ1v) is 6.44. The molecule has 1 fully saturated rings. The van der Waals surface area contributed by atoms with Gasteiger partial charge in [-0.2, -0.15) is 13.2 Å². The fraction of sp³-hybridized carbons (Fsp3) is 0.750. The van der Waals surface area contributed by atoms with Gasteiger partial charge in [0.2, 0.25) is 5.91 Å². The minimum atomic E-state index is -4.26. The van der Waals surface area contributed by atoms with Gasteiger partial charge >= 0.3 is 6.18 Å². The molecule has 19 heavy (non-hydrogen) atoms. The third-order valence-corrected chi connectivity index (χ3v) is 3.49. The molecule has 0 spiro atoms. The normalized spacial score (nSPS) is 22.3. The van der Waals surface area contributed by atoms with Gasteiger partial charge in [-0.1, -0.05) is 6.08 Å². The van der Waals surface area contributed by atoms with E-state index >= 15 is 0 Å². The zero-order valence-corrected chi connectivity index (χ0v) is 10.7. The highest BCUT2D eigenvalue weighted by atomic mass is 19.4. The molecule has 0 atom stereocenters. The van der Waals surface area contributed by atoms with E-state index in [1.54, 1.807) is 0 Å². The number of amides is 1. The van der Waals surface area contributed by atoms with Crippen molar-refractivity contribution in [2.24, 2.45) is 0 Å². The molecular weight excluding hydrogens is 259 g/mol. The Balaban J connectivity index is 1.83. The average molecular weight is 277 g/mol. The molecule has 0 aromatic heterocycles. The summed E-state index contributed by atoms with van der Waals surface area (Å²) in [6.07, 6.45) is -3.23. The van der Waals surface area contributed by atoms with Crippen LogP contribution in [0.2, 0.25) is 0 Å². The second kappa shape index (κ2) is 5.92. The van der Waals surface area contributed by atoms with Crippen molar-refractivity contribution in [1.82, 2.24) is 15.1 Å². The van der Waals surface area contributed by atoms with Crippen LogP contribution in [0, 0.1) is 0 Å². The van der Waals surface area contributed by atoms with Gasteiger partial charge in [0.15, 0.2) is 0 Å². The van der Waals surface area contributed by atoms with E-state index in [1.807, 2.05) is 4.90 Å². The number of hydrogen-bond donors (Lipinski definition) is 1. The van der Waals surface area contributed by atoms with Gasteiger partial charge in [-0.25, -0.2) is 0 Å². The molecule has 0 radical (unpaired) electrons. The molecule has 1 saturated heterocycles. The van der Waals surface area contributed by atoms with E-state index in [2.05, 4.69) is 5.32 Å². The number of hydrogen-bond acceptors (Lipinski definition) is 3. The Morgan fingerprint density at radius 3 is 2.47 bits per heavy atom. The van der Waals surface area contributed by atoms with Crippen LogP contribution in [0.5, 0.6) is 0 Å². The summed E-state index contributed by atoms with van der Waals surface area (Å²) in [5.41, 5.74) is -0.515. The topological polar surface area (TPSA) is 35.6 Å². The van der Waals surface area contributed by atoms with Crippen molar-refractivity contribution in [2.45, 2.75) is 12.6 Å². The predicted octanol–water partition coefficient (Wildman–Crippen LogP) is 0.613. The van der Waals surface area contributed by atoms with E-state index in [-0.39, 0.29) is 25.4 Å². The Morgan fingerprint density at radius 1 is 1.26 bits per heavy atom. The molecule has 4 nitrogen and oxygen atoms in total. The maximum atomic E-state index is 12.5. The molecule has 108 valence electrons. The number of halogens is 3. The SMILES string of the molecule is O=C(CN1CCNCC1)N1CC=C(C(F)(F)F)CC1. The fourth-order valence-electron chi connectivity index (χ4n) is 2.31. The number of rotatable bonds is 2. The van der Waals surface area contributed by atoms with Crippen LogP contribution in [0.4, 0.5) is 13.2 Å². The standard InChI is InChI=1S/C12H18F3N3O/c13-12(14,15)10-1-5-18(6-2-10)11(19)9-17-7-3-16-4-8-17/h1,16H,2-9H2. The molecule has 0 aliphatic carbocycles. The van der Waals surface area contributed by atoms with Gasteiger partial charge in [0.1, 0.15) is 0 Å². The van der Waals surface area contributed by atoms with Crippen LogP contribution < -0.4 is 5.32 Å². The van der Waals surface area contributed by atoms with Crippen molar-refractivity contribution in [3.05, 3.63) is 11.6 Å². The monoisotopic (exact) mass is 277 g/mol. The van der Waals surface area contributed by atoms with Crippen molar-refractivity contribution < 1.29 is 18.0 Å². The molecule has 7 heteroatoms. The van der Waals surface area contributed by atoms with E-state index in [9.17, 15) is 18.0 Å². The van der Waals surface area contributed by atoms with Crippen LogP contribution in [0.1, 0.15) is 6.42 Å². The second-order valence-electron chi connectivity index (χ2n) is 4.84.